The summed E-state index contributed by atoms with van der Waals surface area (Å²) < 4.78 is 31.7. The predicted molar refractivity (Wildman–Crippen MR) is 110 cm³/mol. The van der Waals surface area contributed by atoms with Crippen molar-refractivity contribution in [2.45, 2.75) is 52.7 Å². The maximum absolute atomic E-state index is 12.3. The second-order valence-electron chi connectivity index (χ2n) is 8.29. The number of carbonyl (C=O) groups excluding carboxylic acids is 2. The van der Waals surface area contributed by atoms with Gasteiger partial charge in [0.2, 0.25) is 0 Å². The summed E-state index contributed by atoms with van der Waals surface area (Å²) in [6.07, 6.45) is -1.56. The predicted octanol–water partition coefficient (Wildman–Crippen LogP) is 2.22. The van der Waals surface area contributed by atoms with Crippen molar-refractivity contribution in [1.29, 1.82) is 0 Å². The van der Waals surface area contributed by atoms with Crippen LogP contribution in [-0.4, -0.2) is 99.4 Å². The van der Waals surface area contributed by atoms with Gasteiger partial charge in [-0.3, -0.25) is 0 Å². The number of aliphatic hydroxyl groups excluding tert-OH is 1. The Kier molecular flexibility index (Phi) is 14.6. The Morgan fingerprint density at radius 2 is 0.967 bits per heavy atom. The fourth-order valence-electron chi connectivity index (χ4n) is 1.87. The molecule has 178 valence electrons. The third-order valence-corrected chi connectivity index (χ3v) is 3.04. The molecule has 10 heteroatoms. The molecule has 30 heavy (non-hydrogen) atoms. The smallest absolute Gasteiger partial charge is 0.419 e. The molecule has 0 heterocycles. The molecular formula is C20H39NO9. The number of hydrogen-bond donors (Lipinski definition) is 1. The summed E-state index contributed by atoms with van der Waals surface area (Å²) in [6, 6.07) is 0. The van der Waals surface area contributed by atoms with Crippen LogP contribution < -0.4 is 0 Å². The lowest BCUT2D eigenvalue weighted by molar-refractivity contribution is -0.0153. The van der Waals surface area contributed by atoms with Crippen LogP contribution in [0.25, 0.3) is 0 Å². The van der Waals surface area contributed by atoms with Crippen LogP contribution in [0.5, 0.6) is 0 Å². The maximum Gasteiger partial charge on any atom is 0.419 e. The summed E-state index contributed by atoms with van der Waals surface area (Å²) in [6.45, 7) is 13.1. The third-order valence-electron chi connectivity index (χ3n) is 3.04. The van der Waals surface area contributed by atoms with Gasteiger partial charge in [0.15, 0.2) is 0 Å². The number of carbonyl (C=O) groups is 2. The number of hydrogen-bond acceptors (Lipinski definition) is 9. The molecule has 0 fully saturated rings. The van der Waals surface area contributed by atoms with Crippen molar-refractivity contribution in [2.24, 2.45) is 0 Å². The Morgan fingerprint density at radius 3 is 1.30 bits per heavy atom. The quantitative estimate of drug-likeness (QED) is 0.409. The fraction of sp³-hybridized carbons (Fsp3) is 0.900. The first-order valence-corrected chi connectivity index (χ1v) is 10.1. The molecule has 0 atom stereocenters. The average molecular weight is 438 g/mol. The van der Waals surface area contributed by atoms with E-state index in [9.17, 15) is 9.59 Å². The minimum absolute atomic E-state index is 0.000772. The molecule has 0 aromatic heterocycles. The maximum atomic E-state index is 12.3. The van der Waals surface area contributed by atoms with Gasteiger partial charge < -0.3 is 33.5 Å². The minimum Gasteiger partial charge on any atom is -0.443 e. The number of ether oxygens (including phenoxy) is 6. The molecular weight excluding hydrogens is 398 g/mol. The highest BCUT2D eigenvalue weighted by Gasteiger charge is 2.30. The summed E-state index contributed by atoms with van der Waals surface area (Å²) in [5.41, 5.74) is -1.47. The van der Waals surface area contributed by atoms with E-state index in [2.05, 4.69) is 0 Å². The van der Waals surface area contributed by atoms with E-state index in [1.165, 1.54) is 0 Å². The van der Waals surface area contributed by atoms with Crippen molar-refractivity contribution < 1.29 is 43.1 Å². The zero-order valence-electron chi connectivity index (χ0n) is 19.2. The lowest BCUT2D eigenvalue weighted by Gasteiger charge is -2.28. The lowest BCUT2D eigenvalue weighted by atomic mass is 10.2. The van der Waals surface area contributed by atoms with Gasteiger partial charge in [-0.1, -0.05) is 0 Å². The fourth-order valence-corrected chi connectivity index (χ4v) is 1.87. The third kappa shape index (κ3) is 17.4. The average Bonchev–Trinajstić information content (AvgIpc) is 2.58. The van der Waals surface area contributed by atoms with Gasteiger partial charge in [0, 0.05) is 0 Å². The van der Waals surface area contributed by atoms with Crippen LogP contribution in [0.4, 0.5) is 9.59 Å². The molecule has 0 aromatic rings. The molecule has 0 aliphatic carbocycles. The normalized spacial score (nSPS) is 12.0. The van der Waals surface area contributed by atoms with E-state index in [-0.39, 0.29) is 19.8 Å². The van der Waals surface area contributed by atoms with E-state index in [1.807, 2.05) is 0 Å². The number of nitrogens with zero attached hydrogens (tertiary/aromatic N) is 1. The van der Waals surface area contributed by atoms with E-state index >= 15 is 0 Å². The van der Waals surface area contributed by atoms with Gasteiger partial charge >= 0.3 is 12.2 Å². The Balaban J connectivity index is 4.08. The summed E-state index contributed by atoms with van der Waals surface area (Å²) in [7, 11) is 0. The van der Waals surface area contributed by atoms with Gasteiger partial charge in [0.05, 0.1) is 66.0 Å². The zero-order valence-corrected chi connectivity index (χ0v) is 19.2. The largest absolute Gasteiger partial charge is 0.443 e. The topological polar surface area (TPSA) is 113 Å². The van der Waals surface area contributed by atoms with Crippen LogP contribution in [0, 0.1) is 0 Å². The van der Waals surface area contributed by atoms with Crippen molar-refractivity contribution >= 4 is 12.2 Å². The van der Waals surface area contributed by atoms with Gasteiger partial charge in [-0.2, -0.15) is 0 Å². The number of aliphatic hydroxyl groups is 1. The minimum atomic E-state index is -0.781. The Labute approximate surface area is 179 Å². The van der Waals surface area contributed by atoms with Crippen LogP contribution in [0.3, 0.4) is 0 Å². The Hall–Kier alpha value is -1.46. The van der Waals surface area contributed by atoms with Gasteiger partial charge in [0.1, 0.15) is 11.2 Å². The molecule has 0 radical (unpaired) electrons. The van der Waals surface area contributed by atoms with E-state index in [1.54, 1.807) is 41.5 Å². The van der Waals surface area contributed by atoms with Crippen LogP contribution >= 0.6 is 0 Å². The number of amides is 2. The second-order valence-corrected chi connectivity index (χ2v) is 8.29. The van der Waals surface area contributed by atoms with Crippen molar-refractivity contribution in [3.8, 4) is 0 Å². The zero-order chi connectivity index (χ0) is 23.0. The first-order chi connectivity index (χ1) is 14.0. The van der Waals surface area contributed by atoms with Gasteiger partial charge in [-0.05, 0) is 41.5 Å². The standard InChI is InChI=1S/C20H39NO9/c1-19(2,3)29-17(23)21(18(24)30-20(4,5)6)7-9-25-11-13-27-15-16-28-14-12-26-10-8-22/h22H,7-16H2,1-6H3. The summed E-state index contributed by atoms with van der Waals surface area (Å²) in [5.74, 6) is 0. The molecule has 0 saturated carbocycles. The van der Waals surface area contributed by atoms with E-state index in [0.717, 1.165) is 4.90 Å². The first kappa shape index (κ1) is 28.5. The Morgan fingerprint density at radius 1 is 0.633 bits per heavy atom. The second kappa shape index (κ2) is 15.4. The summed E-state index contributed by atoms with van der Waals surface area (Å²) in [4.78, 5) is 25.5. The van der Waals surface area contributed by atoms with Crippen molar-refractivity contribution in [3.05, 3.63) is 0 Å². The highest BCUT2D eigenvalue weighted by atomic mass is 16.6. The molecule has 0 bridgehead atoms. The van der Waals surface area contributed by atoms with Crippen molar-refractivity contribution in [3.63, 3.8) is 0 Å². The molecule has 2 amide bonds. The molecule has 0 aliphatic heterocycles. The number of rotatable bonds is 14. The summed E-state index contributed by atoms with van der Waals surface area (Å²) >= 11 is 0. The molecule has 0 spiro atoms. The van der Waals surface area contributed by atoms with Crippen molar-refractivity contribution in [2.75, 3.05) is 66.0 Å². The van der Waals surface area contributed by atoms with Gasteiger partial charge in [0.25, 0.3) is 0 Å². The Bertz CT molecular complexity index is 444. The van der Waals surface area contributed by atoms with Crippen LogP contribution in [-0.2, 0) is 28.4 Å². The summed E-state index contributed by atoms with van der Waals surface area (Å²) in [5, 5.41) is 8.56. The molecule has 1 N–H and O–H groups in total. The highest BCUT2D eigenvalue weighted by Crippen LogP contribution is 2.14. The van der Waals surface area contributed by atoms with E-state index in [4.69, 9.17) is 33.5 Å². The first-order valence-electron chi connectivity index (χ1n) is 10.1. The van der Waals surface area contributed by atoms with Gasteiger partial charge in [-0.25, -0.2) is 14.5 Å². The molecule has 0 aromatic carbocycles. The van der Waals surface area contributed by atoms with Crippen LogP contribution in [0.2, 0.25) is 0 Å². The molecule has 0 unspecified atom stereocenters. The lowest BCUT2D eigenvalue weighted by Crippen LogP contribution is -2.45. The highest BCUT2D eigenvalue weighted by molar-refractivity contribution is 5.88. The number of imide groups is 1. The van der Waals surface area contributed by atoms with E-state index in [0.29, 0.717) is 46.2 Å². The van der Waals surface area contributed by atoms with Crippen LogP contribution in [0.1, 0.15) is 41.5 Å². The molecule has 0 saturated heterocycles. The van der Waals surface area contributed by atoms with E-state index < -0.39 is 23.4 Å². The molecule has 10 nitrogen and oxygen atoms in total. The monoisotopic (exact) mass is 437 g/mol. The molecule has 0 aliphatic rings. The van der Waals surface area contributed by atoms with Crippen LogP contribution in [0.15, 0.2) is 0 Å². The van der Waals surface area contributed by atoms with Crippen molar-refractivity contribution in [1.82, 2.24) is 4.90 Å². The SMILES string of the molecule is CC(C)(C)OC(=O)N(CCOCCOCCOCCOCCO)C(=O)OC(C)(C)C. The molecule has 0 rings (SSSR count). The van der Waals surface area contributed by atoms with Gasteiger partial charge in [-0.15, -0.1) is 0 Å².